The van der Waals surface area contributed by atoms with Crippen LogP contribution >= 0.6 is 27.5 Å². The van der Waals surface area contributed by atoms with Gasteiger partial charge in [0.1, 0.15) is 5.75 Å². The molecular formula is C13H17BrClNO3. The maximum absolute atomic E-state index is 11.6. The Bertz CT molecular complexity index is 452. The van der Waals surface area contributed by atoms with Crippen LogP contribution in [0.3, 0.4) is 0 Å². The summed E-state index contributed by atoms with van der Waals surface area (Å²) in [5.74, 6) is 0.210. The molecule has 0 saturated heterocycles. The molecule has 0 unspecified atom stereocenters. The first kappa shape index (κ1) is 16.3. The minimum absolute atomic E-state index is 0.00662. The summed E-state index contributed by atoms with van der Waals surface area (Å²) in [7, 11) is 0. The van der Waals surface area contributed by atoms with Crippen LogP contribution in [0.25, 0.3) is 0 Å². The van der Waals surface area contributed by atoms with Crippen LogP contribution < -0.4 is 10.1 Å². The molecule has 106 valence electrons. The van der Waals surface area contributed by atoms with Crippen LogP contribution in [0.2, 0.25) is 5.02 Å². The van der Waals surface area contributed by atoms with Gasteiger partial charge in [0.2, 0.25) is 0 Å². The number of aliphatic hydroxyl groups excluding tert-OH is 1. The van der Waals surface area contributed by atoms with Crippen molar-refractivity contribution in [2.45, 2.75) is 13.8 Å². The Balaban J connectivity index is 2.42. The van der Waals surface area contributed by atoms with Crippen LogP contribution in [-0.2, 0) is 4.79 Å². The summed E-state index contributed by atoms with van der Waals surface area (Å²) in [6.45, 7) is 4.01. The van der Waals surface area contributed by atoms with E-state index in [1.165, 1.54) is 0 Å². The highest BCUT2D eigenvalue weighted by Crippen LogP contribution is 2.27. The molecule has 2 N–H and O–H groups in total. The third kappa shape index (κ3) is 5.80. The van der Waals surface area contributed by atoms with Gasteiger partial charge >= 0.3 is 0 Å². The Morgan fingerprint density at radius 2 is 2.21 bits per heavy atom. The van der Waals surface area contributed by atoms with Crippen LogP contribution in [-0.4, -0.2) is 30.8 Å². The molecule has 1 rings (SSSR count). The molecule has 0 fully saturated rings. The second-order valence-corrected chi connectivity index (χ2v) is 6.29. The van der Waals surface area contributed by atoms with E-state index in [2.05, 4.69) is 21.2 Å². The number of ether oxygens (including phenoxy) is 1. The van der Waals surface area contributed by atoms with E-state index in [0.717, 1.165) is 4.47 Å². The summed E-state index contributed by atoms with van der Waals surface area (Å²) in [5.41, 5.74) is -0.342. The number of aliphatic hydroxyl groups is 1. The molecule has 0 atom stereocenters. The summed E-state index contributed by atoms with van der Waals surface area (Å²) < 4.78 is 6.17. The van der Waals surface area contributed by atoms with Gasteiger partial charge < -0.3 is 15.2 Å². The number of halogens is 2. The van der Waals surface area contributed by atoms with Crippen molar-refractivity contribution >= 4 is 33.4 Å². The highest BCUT2D eigenvalue weighted by atomic mass is 79.9. The number of rotatable bonds is 6. The zero-order valence-corrected chi connectivity index (χ0v) is 13.2. The van der Waals surface area contributed by atoms with Crippen molar-refractivity contribution in [1.29, 1.82) is 0 Å². The summed E-state index contributed by atoms with van der Waals surface area (Å²) in [6.07, 6.45) is 0. The number of amides is 1. The lowest BCUT2D eigenvalue weighted by Crippen LogP contribution is -2.38. The SMILES string of the molecule is CC(C)(CO)CNC(=O)COc1ccc(Br)cc1Cl. The fourth-order valence-corrected chi connectivity index (χ4v) is 1.91. The summed E-state index contributed by atoms with van der Waals surface area (Å²) in [6, 6.07) is 5.18. The minimum Gasteiger partial charge on any atom is -0.482 e. The van der Waals surface area contributed by atoms with Crippen LogP contribution in [0, 0.1) is 5.41 Å². The van der Waals surface area contributed by atoms with Gasteiger partial charge in [0.25, 0.3) is 5.91 Å². The van der Waals surface area contributed by atoms with E-state index in [1.807, 2.05) is 13.8 Å². The maximum atomic E-state index is 11.6. The van der Waals surface area contributed by atoms with Crippen LogP contribution in [0.15, 0.2) is 22.7 Å². The quantitative estimate of drug-likeness (QED) is 0.829. The van der Waals surface area contributed by atoms with Gasteiger partial charge in [-0.05, 0) is 18.2 Å². The smallest absolute Gasteiger partial charge is 0.257 e. The van der Waals surface area contributed by atoms with Crippen LogP contribution in [0.1, 0.15) is 13.8 Å². The average molecular weight is 351 g/mol. The maximum Gasteiger partial charge on any atom is 0.257 e. The van der Waals surface area contributed by atoms with Gasteiger partial charge in [-0.3, -0.25) is 4.79 Å². The number of nitrogens with one attached hydrogen (secondary N) is 1. The topological polar surface area (TPSA) is 58.6 Å². The number of hydrogen-bond acceptors (Lipinski definition) is 3. The molecule has 1 aromatic carbocycles. The predicted molar refractivity (Wildman–Crippen MR) is 78.5 cm³/mol. The lowest BCUT2D eigenvalue weighted by atomic mass is 9.95. The number of carbonyl (C=O) groups is 1. The van der Waals surface area contributed by atoms with Gasteiger partial charge in [-0.15, -0.1) is 0 Å². The van der Waals surface area contributed by atoms with E-state index in [1.54, 1.807) is 18.2 Å². The molecule has 0 bridgehead atoms. The van der Waals surface area contributed by atoms with Gasteiger partial charge in [0.05, 0.1) is 5.02 Å². The van der Waals surface area contributed by atoms with E-state index < -0.39 is 0 Å². The first-order chi connectivity index (χ1) is 8.84. The van der Waals surface area contributed by atoms with E-state index in [9.17, 15) is 4.79 Å². The van der Waals surface area contributed by atoms with Crippen molar-refractivity contribution in [1.82, 2.24) is 5.32 Å². The van der Waals surface area contributed by atoms with Gasteiger partial charge in [-0.2, -0.15) is 0 Å². The predicted octanol–water partition coefficient (Wildman–Crippen LogP) is 2.62. The molecule has 1 amide bonds. The first-order valence-electron chi connectivity index (χ1n) is 5.79. The Morgan fingerprint density at radius 3 is 2.79 bits per heavy atom. The van der Waals surface area contributed by atoms with Crippen molar-refractivity contribution in [3.8, 4) is 5.75 Å². The van der Waals surface area contributed by atoms with E-state index in [0.29, 0.717) is 17.3 Å². The molecule has 0 aliphatic carbocycles. The summed E-state index contributed by atoms with van der Waals surface area (Å²) in [4.78, 5) is 11.6. The molecule has 6 heteroatoms. The van der Waals surface area contributed by atoms with Gasteiger partial charge in [-0.25, -0.2) is 0 Å². The van der Waals surface area contributed by atoms with E-state index in [-0.39, 0.29) is 24.5 Å². The van der Waals surface area contributed by atoms with Crippen molar-refractivity contribution in [2.75, 3.05) is 19.8 Å². The van der Waals surface area contributed by atoms with E-state index in [4.69, 9.17) is 21.4 Å². The third-order valence-electron chi connectivity index (χ3n) is 2.44. The normalized spacial score (nSPS) is 11.2. The molecule has 0 aliphatic rings. The van der Waals surface area contributed by atoms with Crippen LogP contribution in [0.4, 0.5) is 0 Å². The first-order valence-corrected chi connectivity index (χ1v) is 6.96. The largest absolute Gasteiger partial charge is 0.482 e. The van der Waals surface area contributed by atoms with Crippen molar-refractivity contribution in [3.05, 3.63) is 27.7 Å². The number of carbonyl (C=O) groups excluding carboxylic acids is 1. The second kappa shape index (κ2) is 7.12. The number of hydrogen-bond donors (Lipinski definition) is 2. The van der Waals surface area contributed by atoms with E-state index >= 15 is 0 Å². The van der Waals surface area contributed by atoms with Gasteiger partial charge in [0, 0.05) is 23.0 Å². The Labute approximate surface area is 126 Å². The molecule has 0 aromatic heterocycles. The fourth-order valence-electron chi connectivity index (χ4n) is 1.18. The van der Waals surface area contributed by atoms with Gasteiger partial charge in [0.15, 0.2) is 6.61 Å². The highest BCUT2D eigenvalue weighted by molar-refractivity contribution is 9.10. The van der Waals surface area contributed by atoms with Crippen molar-refractivity contribution < 1.29 is 14.6 Å². The molecule has 4 nitrogen and oxygen atoms in total. The Kier molecular flexibility index (Phi) is 6.10. The number of benzene rings is 1. The highest BCUT2D eigenvalue weighted by Gasteiger charge is 2.17. The lowest BCUT2D eigenvalue weighted by molar-refractivity contribution is -0.123. The second-order valence-electron chi connectivity index (χ2n) is 4.96. The third-order valence-corrected chi connectivity index (χ3v) is 3.23. The zero-order valence-electron chi connectivity index (χ0n) is 10.9. The molecule has 0 saturated carbocycles. The van der Waals surface area contributed by atoms with Gasteiger partial charge in [-0.1, -0.05) is 41.4 Å². The van der Waals surface area contributed by atoms with Crippen molar-refractivity contribution in [3.63, 3.8) is 0 Å². The lowest BCUT2D eigenvalue weighted by Gasteiger charge is -2.21. The standard InChI is InChI=1S/C13H17BrClNO3/c1-13(2,8-17)7-16-12(18)6-19-11-4-3-9(14)5-10(11)15/h3-5,17H,6-8H2,1-2H3,(H,16,18). The summed E-state index contributed by atoms with van der Waals surface area (Å²) in [5, 5.41) is 12.2. The molecule has 0 radical (unpaired) electrons. The molecule has 0 aliphatic heterocycles. The monoisotopic (exact) mass is 349 g/mol. The molecule has 0 heterocycles. The molecular weight excluding hydrogens is 334 g/mol. The fraction of sp³-hybridized carbons (Fsp3) is 0.462. The minimum atomic E-state index is -0.342. The Morgan fingerprint density at radius 1 is 1.53 bits per heavy atom. The molecule has 1 aromatic rings. The molecule has 19 heavy (non-hydrogen) atoms. The zero-order chi connectivity index (χ0) is 14.5. The Hall–Kier alpha value is -0.780. The average Bonchev–Trinajstić information content (AvgIpc) is 2.35. The van der Waals surface area contributed by atoms with Crippen LogP contribution in [0.5, 0.6) is 5.75 Å². The summed E-state index contributed by atoms with van der Waals surface area (Å²) >= 11 is 9.25. The molecule has 0 spiro atoms. The van der Waals surface area contributed by atoms with Crippen molar-refractivity contribution in [2.24, 2.45) is 5.41 Å².